The number of rotatable bonds is 12. The van der Waals surface area contributed by atoms with Gasteiger partial charge in [0.15, 0.2) is 0 Å². The fourth-order valence-electron chi connectivity index (χ4n) is 3.31. The SMILES string of the molecule is CCCCCCCCCCCC1=NC(C)(C)CN1C[C@H](C)O. The summed E-state index contributed by atoms with van der Waals surface area (Å²) < 4.78 is 0. The van der Waals surface area contributed by atoms with E-state index in [-0.39, 0.29) is 11.6 Å². The molecule has 1 N–H and O–H groups in total. The minimum absolute atomic E-state index is 0.0174. The van der Waals surface area contributed by atoms with Gasteiger partial charge in [0.05, 0.1) is 17.5 Å². The van der Waals surface area contributed by atoms with Crippen molar-refractivity contribution in [2.24, 2.45) is 4.99 Å². The Bertz CT molecular complexity index is 323. The zero-order chi connectivity index (χ0) is 16.4. The molecule has 1 aliphatic heterocycles. The van der Waals surface area contributed by atoms with Crippen LogP contribution in [-0.2, 0) is 0 Å². The van der Waals surface area contributed by atoms with Crippen LogP contribution in [0.25, 0.3) is 0 Å². The van der Waals surface area contributed by atoms with Crippen molar-refractivity contribution in [3.63, 3.8) is 0 Å². The molecule has 0 bridgehead atoms. The van der Waals surface area contributed by atoms with Crippen molar-refractivity contribution in [3.8, 4) is 0 Å². The fourth-order valence-corrected chi connectivity index (χ4v) is 3.31. The van der Waals surface area contributed by atoms with Crippen molar-refractivity contribution < 1.29 is 5.11 Å². The van der Waals surface area contributed by atoms with Gasteiger partial charge < -0.3 is 10.0 Å². The average molecular weight is 311 g/mol. The number of hydrogen-bond acceptors (Lipinski definition) is 3. The Hall–Kier alpha value is -0.570. The molecule has 0 aromatic heterocycles. The van der Waals surface area contributed by atoms with Crippen LogP contribution in [0.15, 0.2) is 4.99 Å². The van der Waals surface area contributed by atoms with Crippen molar-refractivity contribution in [2.75, 3.05) is 13.1 Å². The molecule has 0 amide bonds. The summed E-state index contributed by atoms with van der Waals surface area (Å²) in [6.07, 6.45) is 13.1. The molecule has 0 spiro atoms. The predicted octanol–water partition coefficient (Wildman–Crippen LogP) is 4.78. The van der Waals surface area contributed by atoms with E-state index in [1.807, 2.05) is 6.92 Å². The largest absolute Gasteiger partial charge is 0.392 e. The number of aliphatic imine (C=N–C) groups is 1. The van der Waals surface area contributed by atoms with E-state index >= 15 is 0 Å². The molecule has 1 rings (SSSR count). The van der Waals surface area contributed by atoms with Crippen molar-refractivity contribution in [1.82, 2.24) is 4.90 Å². The van der Waals surface area contributed by atoms with Crippen LogP contribution < -0.4 is 0 Å². The van der Waals surface area contributed by atoms with Gasteiger partial charge in [0.25, 0.3) is 0 Å². The lowest BCUT2D eigenvalue weighted by atomic mass is 10.1. The number of hydrogen-bond donors (Lipinski definition) is 1. The first-order valence-corrected chi connectivity index (χ1v) is 9.46. The zero-order valence-corrected chi connectivity index (χ0v) is 15.4. The third kappa shape index (κ3) is 8.17. The van der Waals surface area contributed by atoms with Crippen LogP contribution in [0.4, 0.5) is 0 Å². The second-order valence-corrected chi connectivity index (χ2v) is 7.65. The van der Waals surface area contributed by atoms with E-state index in [2.05, 4.69) is 25.7 Å². The van der Waals surface area contributed by atoms with Gasteiger partial charge in [-0.3, -0.25) is 4.99 Å². The Kier molecular flexibility index (Phi) is 9.08. The van der Waals surface area contributed by atoms with Crippen LogP contribution in [0.2, 0.25) is 0 Å². The monoisotopic (exact) mass is 310 g/mol. The number of amidine groups is 1. The summed E-state index contributed by atoms with van der Waals surface area (Å²) in [4.78, 5) is 7.14. The highest BCUT2D eigenvalue weighted by Crippen LogP contribution is 2.23. The Balaban J connectivity index is 2.14. The first-order chi connectivity index (χ1) is 10.4. The lowest BCUT2D eigenvalue weighted by Crippen LogP contribution is -2.37. The number of nitrogens with zero attached hydrogens (tertiary/aromatic N) is 2. The summed E-state index contributed by atoms with van der Waals surface area (Å²) >= 11 is 0. The van der Waals surface area contributed by atoms with Gasteiger partial charge in [0, 0.05) is 19.5 Å². The Morgan fingerprint density at radius 2 is 1.59 bits per heavy atom. The second kappa shape index (κ2) is 10.3. The van der Waals surface area contributed by atoms with Gasteiger partial charge in [-0.25, -0.2) is 0 Å². The van der Waals surface area contributed by atoms with Crippen LogP contribution in [-0.4, -0.2) is 40.6 Å². The van der Waals surface area contributed by atoms with Gasteiger partial charge in [-0.2, -0.15) is 0 Å². The Morgan fingerprint density at radius 1 is 1.05 bits per heavy atom. The molecule has 1 aliphatic rings. The van der Waals surface area contributed by atoms with E-state index in [1.165, 1.54) is 63.6 Å². The lowest BCUT2D eigenvalue weighted by Gasteiger charge is -2.24. The zero-order valence-electron chi connectivity index (χ0n) is 15.4. The van der Waals surface area contributed by atoms with Gasteiger partial charge in [-0.05, 0) is 27.2 Å². The first kappa shape index (κ1) is 19.5. The van der Waals surface area contributed by atoms with E-state index in [9.17, 15) is 5.11 Å². The summed E-state index contributed by atoms with van der Waals surface area (Å²) in [5.41, 5.74) is 0.0174. The maximum atomic E-state index is 9.63. The maximum absolute atomic E-state index is 9.63. The average Bonchev–Trinajstić information content (AvgIpc) is 2.70. The van der Waals surface area contributed by atoms with Crippen LogP contribution in [0, 0.1) is 0 Å². The van der Waals surface area contributed by atoms with Crippen molar-refractivity contribution >= 4 is 5.84 Å². The van der Waals surface area contributed by atoms with Gasteiger partial charge in [0.1, 0.15) is 0 Å². The molecule has 0 fully saturated rings. The first-order valence-electron chi connectivity index (χ1n) is 9.46. The molecule has 0 aliphatic carbocycles. The molecule has 0 saturated heterocycles. The minimum atomic E-state index is -0.276. The lowest BCUT2D eigenvalue weighted by molar-refractivity contribution is 0.157. The molecule has 3 heteroatoms. The molecule has 0 aromatic carbocycles. The second-order valence-electron chi connectivity index (χ2n) is 7.65. The molecular weight excluding hydrogens is 272 g/mol. The van der Waals surface area contributed by atoms with Crippen LogP contribution in [0.5, 0.6) is 0 Å². The normalized spacial score (nSPS) is 18.6. The van der Waals surface area contributed by atoms with Crippen LogP contribution in [0.3, 0.4) is 0 Å². The summed E-state index contributed by atoms with van der Waals surface area (Å²) in [7, 11) is 0. The number of aliphatic hydroxyl groups is 1. The van der Waals surface area contributed by atoms with E-state index < -0.39 is 0 Å². The number of unbranched alkanes of at least 4 members (excludes halogenated alkanes) is 8. The van der Waals surface area contributed by atoms with Gasteiger partial charge >= 0.3 is 0 Å². The van der Waals surface area contributed by atoms with Crippen LogP contribution >= 0.6 is 0 Å². The highest BCUT2D eigenvalue weighted by Gasteiger charge is 2.30. The molecule has 0 aromatic rings. The van der Waals surface area contributed by atoms with Crippen molar-refractivity contribution in [3.05, 3.63) is 0 Å². The quantitative estimate of drug-likeness (QED) is 0.526. The molecule has 22 heavy (non-hydrogen) atoms. The highest BCUT2D eigenvalue weighted by atomic mass is 16.3. The summed E-state index contributed by atoms with van der Waals surface area (Å²) in [6.45, 7) is 10.2. The molecule has 0 radical (unpaired) electrons. The van der Waals surface area contributed by atoms with E-state index in [1.54, 1.807) is 0 Å². The number of aliphatic hydroxyl groups excluding tert-OH is 1. The number of β-amino-alcohol motifs (C(OH)–C–C–N with tert-alkyl or cyclic N) is 1. The topological polar surface area (TPSA) is 35.8 Å². The van der Waals surface area contributed by atoms with E-state index in [0.29, 0.717) is 0 Å². The molecule has 1 heterocycles. The summed E-state index contributed by atoms with van der Waals surface area (Å²) in [5, 5.41) is 9.63. The molecular formula is C19H38N2O. The van der Waals surface area contributed by atoms with E-state index in [0.717, 1.165) is 19.5 Å². The fraction of sp³-hybridized carbons (Fsp3) is 0.947. The molecule has 0 saturated carbocycles. The minimum Gasteiger partial charge on any atom is -0.392 e. The predicted molar refractivity (Wildman–Crippen MR) is 96.6 cm³/mol. The summed E-state index contributed by atoms with van der Waals surface area (Å²) in [5.74, 6) is 1.22. The Labute approximate surface area is 138 Å². The highest BCUT2D eigenvalue weighted by molar-refractivity contribution is 5.84. The smallest absolute Gasteiger partial charge is 0.0998 e. The van der Waals surface area contributed by atoms with Gasteiger partial charge in [-0.15, -0.1) is 0 Å². The third-order valence-corrected chi connectivity index (χ3v) is 4.36. The molecule has 0 unspecified atom stereocenters. The molecule has 3 nitrogen and oxygen atoms in total. The third-order valence-electron chi connectivity index (χ3n) is 4.36. The molecule has 1 atom stereocenters. The van der Waals surface area contributed by atoms with Crippen molar-refractivity contribution in [1.29, 1.82) is 0 Å². The van der Waals surface area contributed by atoms with Gasteiger partial charge in [-0.1, -0.05) is 58.3 Å². The summed E-state index contributed by atoms with van der Waals surface area (Å²) in [6, 6.07) is 0. The van der Waals surface area contributed by atoms with E-state index in [4.69, 9.17) is 4.99 Å². The maximum Gasteiger partial charge on any atom is 0.0998 e. The van der Waals surface area contributed by atoms with Gasteiger partial charge in [0.2, 0.25) is 0 Å². The van der Waals surface area contributed by atoms with Crippen molar-refractivity contribution in [2.45, 2.75) is 104 Å². The standard InChI is InChI=1S/C19H38N2O/c1-5-6-7-8-9-10-11-12-13-14-18-20-19(3,4)16-21(18)15-17(2)22/h17,22H,5-16H2,1-4H3/t17-/m0/s1. The van der Waals surface area contributed by atoms with Crippen LogP contribution in [0.1, 0.15) is 91.9 Å². The Morgan fingerprint density at radius 3 is 2.14 bits per heavy atom. The molecule has 130 valence electrons.